The second-order valence-corrected chi connectivity index (χ2v) is 6.36. The van der Waals surface area contributed by atoms with Crippen LogP contribution in [0.3, 0.4) is 0 Å². The van der Waals surface area contributed by atoms with Crippen LogP contribution in [0.25, 0.3) is 0 Å². The highest BCUT2D eigenvalue weighted by Crippen LogP contribution is 2.19. The SMILES string of the molecule is Cc1ccc(C(=O)NC(C)c2ccc(Br)cc2)s1. The van der Waals surface area contributed by atoms with Gasteiger partial charge in [0.1, 0.15) is 0 Å². The topological polar surface area (TPSA) is 29.1 Å². The van der Waals surface area contributed by atoms with Crippen molar-refractivity contribution in [2.24, 2.45) is 0 Å². The van der Waals surface area contributed by atoms with Crippen molar-refractivity contribution >= 4 is 33.2 Å². The van der Waals surface area contributed by atoms with E-state index in [1.807, 2.05) is 50.2 Å². The number of rotatable bonds is 3. The molecule has 0 saturated heterocycles. The summed E-state index contributed by atoms with van der Waals surface area (Å²) in [5.41, 5.74) is 1.10. The van der Waals surface area contributed by atoms with Gasteiger partial charge < -0.3 is 5.32 Å². The molecule has 1 aromatic heterocycles. The molecule has 0 radical (unpaired) electrons. The average Bonchev–Trinajstić information content (AvgIpc) is 2.76. The minimum Gasteiger partial charge on any atom is -0.345 e. The molecule has 0 spiro atoms. The smallest absolute Gasteiger partial charge is 0.261 e. The maximum absolute atomic E-state index is 12.0. The van der Waals surface area contributed by atoms with E-state index in [-0.39, 0.29) is 11.9 Å². The fourth-order valence-electron chi connectivity index (χ4n) is 1.66. The summed E-state index contributed by atoms with van der Waals surface area (Å²) in [5, 5.41) is 3.00. The molecular formula is C14H14BrNOS. The molecule has 0 saturated carbocycles. The zero-order valence-corrected chi connectivity index (χ0v) is 12.6. The molecule has 0 aliphatic heterocycles. The lowest BCUT2D eigenvalue weighted by Gasteiger charge is -2.13. The van der Waals surface area contributed by atoms with E-state index in [0.717, 1.165) is 19.8 Å². The molecule has 18 heavy (non-hydrogen) atoms. The molecule has 1 amide bonds. The molecule has 1 heterocycles. The average molecular weight is 324 g/mol. The van der Waals surface area contributed by atoms with Gasteiger partial charge in [-0.05, 0) is 43.7 Å². The van der Waals surface area contributed by atoms with Crippen LogP contribution in [0.15, 0.2) is 40.9 Å². The van der Waals surface area contributed by atoms with Gasteiger partial charge in [-0.2, -0.15) is 0 Å². The lowest BCUT2D eigenvalue weighted by Crippen LogP contribution is -2.25. The first kappa shape index (κ1) is 13.3. The molecule has 2 aromatic rings. The summed E-state index contributed by atoms with van der Waals surface area (Å²) in [6.45, 7) is 3.99. The van der Waals surface area contributed by atoms with Gasteiger partial charge >= 0.3 is 0 Å². The second kappa shape index (κ2) is 5.67. The number of thiophene rings is 1. The summed E-state index contributed by atoms with van der Waals surface area (Å²) in [6.07, 6.45) is 0. The van der Waals surface area contributed by atoms with E-state index in [2.05, 4.69) is 21.2 Å². The van der Waals surface area contributed by atoms with Crippen LogP contribution in [0.5, 0.6) is 0 Å². The van der Waals surface area contributed by atoms with Crippen LogP contribution in [-0.2, 0) is 0 Å². The molecule has 1 N–H and O–H groups in total. The molecular weight excluding hydrogens is 310 g/mol. The number of carbonyl (C=O) groups excluding carboxylic acids is 1. The van der Waals surface area contributed by atoms with Gasteiger partial charge in [-0.25, -0.2) is 0 Å². The molecule has 0 fully saturated rings. The Kier molecular flexibility index (Phi) is 4.19. The van der Waals surface area contributed by atoms with E-state index in [4.69, 9.17) is 0 Å². The van der Waals surface area contributed by atoms with Crippen LogP contribution in [-0.4, -0.2) is 5.91 Å². The Labute approximate surface area is 119 Å². The van der Waals surface area contributed by atoms with Crippen molar-refractivity contribution in [2.45, 2.75) is 19.9 Å². The monoisotopic (exact) mass is 323 g/mol. The Morgan fingerprint density at radius 3 is 2.44 bits per heavy atom. The van der Waals surface area contributed by atoms with Crippen molar-refractivity contribution in [1.82, 2.24) is 5.32 Å². The van der Waals surface area contributed by atoms with E-state index in [1.54, 1.807) is 0 Å². The molecule has 1 unspecified atom stereocenters. The molecule has 4 heteroatoms. The number of halogens is 1. The van der Waals surface area contributed by atoms with Gasteiger partial charge in [-0.1, -0.05) is 28.1 Å². The van der Waals surface area contributed by atoms with Crippen molar-refractivity contribution in [3.8, 4) is 0 Å². The maximum atomic E-state index is 12.0. The van der Waals surface area contributed by atoms with Crippen molar-refractivity contribution in [1.29, 1.82) is 0 Å². The van der Waals surface area contributed by atoms with Gasteiger partial charge in [0.15, 0.2) is 0 Å². The highest BCUT2D eigenvalue weighted by molar-refractivity contribution is 9.10. The van der Waals surface area contributed by atoms with Crippen molar-refractivity contribution in [3.63, 3.8) is 0 Å². The van der Waals surface area contributed by atoms with Crippen LogP contribution in [0.4, 0.5) is 0 Å². The van der Waals surface area contributed by atoms with Crippen LogP contribution in [0.1, 0.15) is 33.1 Å². The van der Waals surface area contributed by atoms with Gasteiger partial charge in [-0.3, -0.25) is 4.79 Å². The Balaban J connectivity index is 2.05. The summed E-state index contributed by atoms with van der Waals surface area (Å²) in [4.78, 5) is 13.9. The van der Waals surface area contributed by atoms with Crippen molar-refractivity contribution in [2.75, 3.05) is 0 Å². The largest absolute Gasteiger partial charge is 0.345 e. The standard InChI is InChI=1S/C14H14BrNOS/c1-9-3-8-13(18-9)14(17)16-10(2)11-4-6-12(15)7-5-11/h3-8,10H,1-2H3,(H,16,17). The first-order valence-corrected chi connectivity index (χ1v) is 7.30. The van der Waals surface area contributed by atoms with E-state index in [1.165, 1.54) is 11.3 Å². The van der Waals surface area contributed by atoms with E-state index >= 15 is 0 Å². The minimum atomic E-state index is -0.0106. The molecule has 0 bridgehead atoms. The summed E-state index contributed by atoms with van der Waals surface area (Å²) in [5.74, 6) is -0.0106. The Morgan fingerprint density at radius 2 is 1.89 bits per heavy atom. The van der Waals surface area contributed by atoms with Crippen LogP contribution >= 0.6 is 27.3 Å². The van der Waals surface area contributed by atoms with E-state index in [9.17, 15) is 4.79 Å². The predicted octanol–water partition coefficient (Wildman–Crippen LogP) is 4.31. The quantitative estimate of drug-likeness (QED) is 0.895. The van der Waals surface area contributed by atoms with Crippen molar-refractivity contribution in [3.05, 3.63) is 56.2 Å². The third-order valence-electron chi connectivity index (χ3n) is 2.68. The summed E-state index contributed by atoms with van der Waals surface area (Å²) >= 11 is 4.92. The molecule has 2 rings (SSSR count). The number of benzene rings is 1. The number of amides is 1. The minimum absolute atomic E-state index is 0.00741. The Morgan fingerprint density at radius 1 is 1.22 bits per heavy atom. The lowest BCUT2D eigenvalue weighted by atomic mass is 10.1. The van der Waals surface area contributed by atoms with E-state index < -0.39 is 0 Å². The Bertz CT molecular complexity index is 547. The highest BCUT2D eigenvalue weighted by atomic mass is 79.9. The second-order valence-electron chi connectivity index (χ2n) is 4.16. The number of aryl methyl sites for hydroxylation is 1. The number of hydrogen-bond acceptors (Lipinski definition) is 2. The lowest BCUT2D eigenvalue weighted by molar-refractivity contribution is 0.0944. The zero-order chi connectivity index (χ0) is 13.1. The summed E-state index contributed by atoms with van der Waals surface area (Å²) < 4.78 is 1.04. The third kappa shape index (κ3) is 3.21. The van der Waals surface area contributed by atoms with Gasteiger partial charge in [-0.15, -0.1) is 11.3 Å². The molecule has 0 aliphatic carbocycles. The van der Waals surface area contributed by atoms with Gasteiger partial charge in [0.05, 0.1) is 10.9 Å². The molecule has 94 valence electrons. The highest BCUT2D eigenvalue weighted by Gasteiger charge is 2.12. The van der Waals surface area contributed by atoms with Crippen molar-refractivity contribution < 1.29 is 4.79 Å². The first-order chi connectivity index (χ1) is 8.56. The summed E-state index contributed by atoms with van der Waals surface area (Å²) in [7, 11) is 0. The summed E-state index contributed by atoms with van der Waals surface area (Å²) in [6, 6.07) is 11.8. The fraction of sp³-hybridized carbons (Fsp3) is 0.214. The van der Waals surface area contributed by atoms with E-state index in [0.29, 0.717) is 0 Å². The van der Waals surface area contributed by atoms with Gasteiger partial charge in [0.25, 0.3) is 5.91 Å². The fourth-order valence-corrected chi connectivity index (χ4v) is 2.69. The zero-order valence-electron chi connectivity index (χ0n) is 10.2. The normalized spacial score (nSPS) is 12.2. The number of hydrogen-bond donors (Lipinski definition) is 1. The predicted molar refractivity (Wildman–Crippen MR) is 79.1 cm³/mol. The molecule has 0 aliphatic rings. The van der Waals surface area contributed by atoms with Crippen LogP contribution < -0.4 is 5.32 Å². The van der Waals surface area contributed by atoms with Gasteiger partial charge in [0.2, 0.25) is 0 Å². The van der Waals surface area contributed by atoms with Crippen LogP contribution in [0.2, 0.25) is 0 Å². The third-order valence-corrected chi connectivity index (χ3v) is 4.21. The maximum Gasteiger partial charge on any atom is 0.261 e. The van der Waals surface area contributed by atoms with Gasteiger partial charge in [0, 0.05) is 9.35 Å². The Hall–Kier alpha value is -1.13. The number of nitrogens with one attached hydrogen (secondary N) is 1. The number of carbonyl (C=O) groups is 1. The molecule has 1 atom stereocenters. The molecule has 2 nitrogen and oxygen atoms in total. The van der Waals surface area contributed by atoms with Crippen LogP contribution in [0, 0.1) is 6.92 Å². The molecule has 1 aromatic carbocycles. The first-order valence-electron chi connectivity index (χ1n) is 5.69.